The predicted molar refractivity (Wildman–Crippen MR) is 83.7 cm³/mol. The Hall–Kier alpha value is -1.02. The first-order chi connectivity index (χ1) is 9.13. The van der Waals surface area contributed by atoms with Gasteiger partial charge in [-0.2, -0.15) is 0 Å². The summed E-state index contributed by atoms with van der Waals surface area (Å²) < 4.78 is 0. The summed E-state index contributed by atoms with van der Waals surface area (Å²) in [6.07, 6.45) is 1.33. The Morgan fingerprint density at radius 2 is 2.00 bits per heavy atom. The number of anilines is 1. The van der Waals surface area contributed by atoms with Crippen molar-refractivity contribution in [3.63, 3.8) is 0 Å². The molecule has 0 saturated carbocycles. The summed E-state index contributed by atoms with van der Waals surface area (Å²) in [4.78, 5) is 2.58. The van der Waals surface area contributed by atoms with E-state index in [9.17, 15) is 0 Å². The van der Waals surface area contributed by atoms with E-state index in [2.05, 4.69) is 62.2 Å². The molecule has 1 saturated heterocycles. The third kappa shape index (κ3) is 3.30. The molecule has 0 aliphatic carbocycles. The number of nitrogens with zero attached hydrogens (tertiary/aromatic N) is 1. The maximum Gasteiger partial charge on any atom is 0.0414 e. The highest BCUT2D eigenvalue weighted by Crippen LogP contribution is 2.32. The number of benzene rings is 1. The van der Waals surface area contributed by atoms with Crippen molar-refractivity contribution >= 4 is 5.69 Å². The van der Waals surface area contributed by atoms with Crippen molar-refractivity contribution in [1.82, 2.24) is 5.32 Å². The van der Waals surface area contributed by atoms with Crippen LogP contribution in [0.25, 0.3) is 0 Å². The molecule has 106 valence electrons. The van der Waals surface area contributed by atoms with Crippen molar-refractivity contribution < 1.29 is 0 Å². The zero-order chi connectivity index (χ0) is 13.8. The SMILES string of the molecule is CCNC(C)c1ccccc1N1CCC(C(C)C)C1. The van der Waals surface area contributed by atoms with E-state index >= 15 is 0 Å². The van der Waals surface area contributed by atoms with Gasteiger partial charge >= 0.3 is 0 Å². The molecule has 1 aromatic rings. The highest BCUT2D eigenvalue weighted by molar-refractivity contribution is 5.55. The van der Waals surface area contributed by atoms with E-state index in [4.69, 9.17) is 0 Å². The number of para-hydroxylation sites is 1. The molecule has 2 atom stereocenters. The lowest BCUT2D eigenvalue weighted by molar-refractivity contribution is 0.422. The van der Waals surface area contributed by atoms with Crippen molar-refractivity contribution in [3.8, 4) is 0 Å². The molecule has 2 heteroatoms. The fraction of sp³-hybridized carbons (Fsp3) is 0.647. The molecular formula is C17H28N2. The largest absolute Gasteiger partial charge is 0.371 e. The summed E-state index contributed by atoms with van der Waals surface area (Å²) in [6, 6.07) is 9.31. The van der Waals surface area contributed by atoms with Gasteiger partial charge in [-0.1, -0.05) is 39.0 Å². The fourth-order valence-electron chi connectivity index (χ4n) is 3.11. The van der Waals surface area contributed by atoms with Gasteiger partial charge in [-0.05, 0) is 43.4 Å². The Kier molecular flexibility index (Phi) is 4.87. The molecule has 2 rings (SSSR count). The van der Waals surface area contributed by atoms with Crippen LogP contribution in [0.1, 0.15) is 45.7 Å². The predicted octanol–water partition coefficient (Wildman–Crippen LogP) is 3.84. The van der Waals surface area contributed by atoms with Crippen LogP contribution in [0.3, 0.4) is 0 Å². The van der Waals surface area contributed by atoms with Crippen LogP contribution in [0.4, 0.5) is 5.69 Å². The van der Waals surface area contributed by atoms with Crippen molar-refractivity contribution in [2.24, 2.45) is 11.8 Å². The second-order valence-electron chi connectivity index (χ2n) is 6.08. The molecule has 1 heterocycles. The zero-order valence-corrected chi connectivity index (χ0v) is 12.8. The highest BCUT2D eigenvalue weighted by Gasteiger charge is 2.26. The lowest BCUT2D eigenvalue weighted by atomic mass is 9.95. The molecule has 19 heavy (non-hydrogen) atoms. The third-order valence-electron chi connectivity index (χ3n) is 4.42. The van der Waals surface area contributed by atoms with Crippen LogP contribution in [-0.4, -0.2) is 19.6 Å². The number of hydrogen-bond acceptors (Lipinski definition) is 2. The van der Waals surface area contributed by atoms with Crippen molar-refractivity contribution in [2.75, 3.05) is 24.5 Å². The molecule has 2 nitrogen and oxygen atoms in total. The summed E-state index contributed by atoms with van der Waals surface area (Å²) in [6.45, 7) is 12.6. The van der Waals surface area contributed by atoms with E-state index in [1.165, 1.54) is 30.8 Å². The lowest BCUT2D eigenvalue weighted by Gasteiger charge is -2.25. The molecular weight excluding hydrogens is 232 g/mol. The van der Waals surface area contributed by atoms with E-state index in [0.29, 0.717) is 6.04 Å². The van der Waals surface area contributed by atoms with E-state index in [1.807, 2.05) is 0 Å². The third-order valence-corrected chi connectivity index (χ3v) is 4.42. The van der Waals surface area contributed by atoms with Crippen LogP contribution in [0, 0.1) is 11.8 Å². The maximum absolute atomic E-state index is 3.53. The second-order valence-corrected chi connectivity index (χ2v) is 6.08. The van der Waals surface area contributed by atoms with Crippen molar-refractivity contribution in [1.29, 1.82) is 0 Å². The van der Waals surface area contributed by atoms with E-state index < -0.39 is 0 Å². The summed E-state index contributed by atoms with van der Waals surface area (Å²) in [7, 11) is 0. The Labute approximate surface area is 118 Å². The minimum Gasteiger partial charge on any atom is -0.371 e. The highest BCUT2D eigenvalue weighted by atomic mass is 15.2. The summed E-state index contributed by atoms with van der Waals surface area (Å²) >= 11 is 0. The van der Waals surface area contributed by atoms with Crippen molar-refractivity contribution in [3.05, 3.63) is 29.8 Å². The van der Waals surface area contributed by atoms with E-state index in [0.717, 1.165) is 18.4 Å². The molecule has 0 amide bonds. The normalized spacial score (nSPS) is 21.1. The monoisotopic (exact) mass is 260 g/mol. The molecule has 1 N–H and O–H groups in total. The lowest BCUT2D eigenvalue weighted by Crippen LogP contribution is -2.25. The molecule has 1 aliphatic heterocycles. The van der Waals surface area contributed by atoms with Gasteiger partial charge in [0.25, 0.3) is 0 Å². The first-order valence-electron chi connectivity index (χ1n) is 7.70. The van der Waals surface area contributed by atoms with Crippen LogP contribution in [0.2, 0.25) is 0 Å². The molecule has 0 radical (unpaired) electrons. The number of nitrogens with one attached hydrogen (secondary N) is 1. The Morgan fingerprint density at radius 3 is 2.63 bits per heavy atom. The van der Waals surface area contributed by atoms with E-state index in [1.54, 1.807) is 0 Å². The Balaban J connectivity index is 2.16. The quantitative estimate of drug-likeness (QED) is 0.865. The fourth-order valence-corrected chi connectivity index (χ4v) is 3.11. The van der Waals surface area contributed by atoms with Gasteiger partial charge in [-0.3, -0.25) is 0 Å². The Bertz CT molecular complexity index is 400. The number of hydrogen-bond donors (Lipinski definition) is 1. The van der Waals surface area contributed by atoms with Crippen LogP contribution >= 0.6 is 0 Å². The standard InChI is InChI=1S/C17H28N2/c1-5-18-14(4)16-8-6-7-9-17(16)19-11-10-15(12-19)13(2)3/h6-9,13-15,18H,5,10-12H2,1-4H3. The summed E-state index contributed by atoms with van der Waals surface area (Å²) in [5.41, 5.74) is 2.87. The van der Waals surface area contributed by atoms with Gasteiger partial charge in [0, 0.05) is 24.8 Å². The van der Waals surface area contributed by atoms with Crippen LogP contribution in [0.15, 0.2) is 24.3 Å². The Morgan fingerprint density at radius 1 is 1.26 bits per heavy atom. The first-order valence-corrected chi connectivity index (χ1v) is 7.70. The average Bonchev–Trinajstić information content (AvgIpc) is 2.88. The average molecular weight is 260 g/mol. The van der Waals surface area contributed by atoms with Gasteiger partial charge in [0.2, 0.25) is 0 Å². The van der Waals surface area contributed by atoms with Crippen LogP contribution < -0.4 is 10.2 Å². The summed E-state index contributed by atoms with van der Waals surface area (Å²) in [5, 5.41) is 3.53. The second kappa shape index (κ2) is 6.42. The summed E-state index contributed by atoms with van der Waals surface area (Å²) in [5.74, 6) is 1.64. The van der Waals surface area contributed by atoms with Gasteiger partial charge in [0.15, 0.2) is 0 Å². The zero-order valence-electron chi connectivity index (χ0n) is 12.8. The topological polar surface area (TPSA) is 15.3 Å². The minimum absolute atomic E-state index is 0.430. The molecule has 1 aliphatic rings. The first kappa shape index (κ1) is 14.4. The van der Waals surface area contributed by atoms with E-state index in [-0.39, 0.29) is 0 Å². The molecule has 2 unspecified atom stereocenters. The smallest absolute Gasteiger partial charge is 0.0414 e. The number of rotatable bonds is 5. The van der Waals surface area contributed by atoms with Crippen LogP contribution in [-0.2, 0) is 0 Å². The van der Waals surface area contributed by atoms with Gasteiger partial charge in [-0.25, -0.2) is 0 Å². The van der Waals surface area contributed by atoms with Crippen LogP contribution in [0.5, 0.6) is 0 Å². The maximum atomic E-state index is 3.53. The van der Waals surface area contributed by atoms with Gasteiger partial charge in [0.05, 0.1) is 0 Å². The van der Waals surface area contributed by atoms with Gasteiger partial charge < -0.3 is 10.2 Å². The van der Waals surface area contributed by atoms with Gasteiger partial charge in [-0.15, -0.1) is 0 Å². The molecule has 0 aromatic heterocycles. The molecule has 1 fully saturated rings. The van der Waals surface area contributed by atoms with Gasteiger partial charge in [0.1, 0.15) is 0 Å². The molecule has 0 bridgehead atoms. The molecule has 0 spiro atoms. The molecule has 1 aromatic carbocycles. The minimum atomic E-state index is 0.430. The van der Waals surface area contributed by atoms with Crippen molar-refractivity contribution in [2.45, 2.75) is 40.2 Å².